The van der Waals surface area contributed by atoms with Crippen molar-refractivity contribution in [2.75, 3.05) is 0 Å². The van der Waals surface area contributed by atoms with E-state index < -0.39 is 28.5 Å². The van der Waals surface area contributed by atoms with Crippen molar-refractivity contribution in [3.63, 3.8) is 0 Å². The van der Waals surface area contributed by atoms with Gasteiger partial charge in [0, 0.05) is 29.3 Å². The Bertz CT molecular complexity index is 1490. The molecule has 0 N–H and O–H groups in total. The number of nitrogens with zero attached hydrogens (tertiary/aromatic N) is 2. The molecule has 32 heavy (non-hydrogen) atoms. The molecule has 4 rings (SSSR count). The molecule has 0 amide bonds. The highest BCUT2D eigenvalue weighted by Gasteiger charge is 2.20. The number of para-hydroxylation sites is 1. The van der Waals surface area contributed by atoms with Crippen LogP contribution in [-0.2, 0) is 6.42 Å². The Morgan fingerprint density at radius 2 is 1.88 bits per heavy atom. The van der Waals surface area contributed by atoms with Crippen LogP contribution in [0.5, 0.6) is 5.75 Å². The number of hydrogen-bond donors (Lipinski definition) is 0. The minimum Gasteiger partial charge on any atom is -0.423 e. The monoisotopic (exact) mass is 434 g/mol. The second kappa shape index (κ2) is 8.22. The Kier molecular flexibility index (Phi) is 5.44. The molecule has 0 saturated heterocycles. The van der Waals surface area contributed by atoms with E-state index in [1.54, 1.807) is 26.0 Å². The summed E-state index contributed by atoms with van der Waals surface area (Å²) in [5.41, 5.74) is 0.458. The molecule has 2 aromatic heterocycles. The van der Waals surface area contributed by atoms with Gasteiger partial charge in [0.2, 0.25) is 11.1 Å². The van der Waals surface area contributed by atoms with E-state index in [0.29, 0.717) is 17.7 Å². The second-order valence-corrected chi connectivity index (χ2v) is 7.31. The minimum atomic E-state index is -0.996. The maximum absolute atomic E-state index is 14.3. The lowest BCUT2D eigenvalue weighted by Crippen LogP contribution is -2.26. The van der Waals surface area contributed by atoms with Crippen molar-refractivity contribution in [3.8, 4) is 11.4 Å². The number of carbonyl (C=O) groups is 1. The molecule has 0 spiro atoms. The molecule has 2 heterocycles. The highest BCUT2D eigenvalue weighted by Crippen LogP contribution is 2.28. The molecule has 0 fully saturated rings. The summed E-state index contributed by atoms with van der Waals surface area (Å²) in [7, 11) is 0. The van der Waals surface area contributed by atoms with E-state index in [1.165, 1.54) is 41.1 Å². The molecular formula is C24H19FN2O5. The van der Waals surface area contributed by atoms with E-state index in [9.17, 15) is 18.8 Å². The molecule has 0 saturated carbocycles. The molecule has 162 valence electrons. The van der Waals surface area contributed by atoms with E-state index in [-0.39, 0.29) is 17.0 Å². The van der Waals surface area contributed by atoms with E-state index >= 15 is 0 Å². The van der Waals surface area contributed by atoms with Gasteiger partial charge in [-0.05, 0) is 49.6 Å². The van der Waals surface area contributed by atoms with Gasteiger partial charge in [0.25, 0.3) is 0 Å². The second-order valence-electron chi connectivity index (χ2n) is 7.31. The predicted molar refractivity (Wildman–Crippen MR) is 116 cm³/mol. The molecule has 0 radical (unpaired) electrons. The number of aryl methyl sites for hydroxylation is 3. The predicted octanol–water partition coefficient (Wildman–Crippen LogP) is 3.88. The van der Waals surface area contributed by atoms with Gasteiger partial charge in [-0.1, -0.05) is 19.1 Å². The third kappa shape index (κ3) is 3.82. The first-order valence-electron chi connectivity index (χ1n) is 9.94. The quantitative estimate of drug-likeness (QED) is 0.275. The zero-order valence-electron chi connectivity index (χ0n) is 17.6. The van der Waals surface area contributed by atoms with Crippen molar-refractivity contribution in [2.45, 2.75) is 27.2 Å². The Morgan fingerprint density at radius 1 is 1.12 bits per heavy atom. The third-order valence-electron chi connectivity index (χ3n) is 5.10. The number of fused-ring (bicyclic) bond motifs is 1. The van der Waals surface area contributed by atoms with Crippen LogP contribution in [0.3, 0.4) is 0 Å². The van der Waals surface area contributed by atoms with Gasteiger partial charge in [-0.2, -0.15) is 5.10 Å². The van der Waals surface area contributed by atoms with Gasteiger partial charge in [-0.3, -0.25) is 4.79 Å². The van der Waals surface area contributed by atoms with Crippen molar-refractivity contribution < 1.29 is 18.3 Å². The highest BCUT2D eigenvalue weighted by molar-refractivity contribution is 5.90. The largest absolute Gasteiger partial charge is 0.423 e. The smallest absolute Gasteiger partial charge is 0.368 e. The van der Waals surface area contributed by atoms with Gasteiger partial charge in [0.05, 0.1) is 0 Å². The van der Waals surface area contributed by atoms with Gasteiger partial charge >= 0.3 is 11.6 Å². The normalized spacial score (nSPS) is 11.0. The zero-order chi connectivity index (χ0) is 23.0. The standard InChI is InChI=1S/C24H19FN2O5/c1-4-15-11-16-13(2)9-22(29)31-21(16)12-20(15)32-24(30)23-19(28)10-14(3)27(26-23)18-8-6-5-7-17(18)25/h5-12H,4H2,1-3H3. The SMILES string of the molecule is CCc1cc2c(C)cc(=O)oc2cc1OC(=O)c1nn(-c2ccccc2F)c(C)cc1=O. The lowest BCUT2D eigenvalue weighted by atomic mass is 10.1. The Balaban J connectivity index is 1.79. The summed E-state index contributed by atoms with van der Waals surface area (Å²) < 4.78 is 26.1. The minimum absolute atomic E-state index is 0.0938. The first kappa shape index (κ1) is 21.2. The lowest BCUT2D eigenvalue weighted by molar-refractivity contribution is 0.0723. The molecule has 0 aliphatic heterocycles. The molecule has 0 aliphatic rings. The van der Waals surface area contributed by atoms with Crippen molar-refractivity contribution >= 4 is 16.9 Å². The third-order valence-corrected chi connectivity index (χ3v) is 5.10. The molecule has 0 bridgehead atoms. The van der Waals surface area contributed by atoms with Crippen LogP contribution in [-0.4, -0.2) is 15.7 Å². The fourth-order valence-electron chi connectivity index (χ4n) is 3.47. The topological polar surface area (TPSA) is 91.4 Å². The summed E-state index contributed by atoms with van der Waals surface area (Å²) in [6, 6.07) is 11.7. The van der Waals surface area contributed by atoms with Crippen molar-refractivity contribution in [1.82, 2.24) is 9.78 Å². The van der Waals surface area contributed by atoms with Gasteiger partial charge < -0.3 is 9.15 Å². The average molecular weight is 434 g/mol. The highest BCUT2D eigenvalue weighted by atomic mass is 19.1. The first-order chi connectivity index (χ1) is 15.3. The van der Waals surface area contributed by atoms with Crippen LogP contribution in [0.2, 0.25) is 0 Å². The maximum atomic E-state index is 14.3. The number of aromatic nitrogens is 2. The molecule has 0 aliphatic carbocycles. The maximum Gasteiger partial charge on any atom is 0.368 e. The van der Waals surface area contributed by atoms with Crippen molar-refractivity contribution in [2.24, 2.45) is 0 Å². The fraction of sp³-hybridized carbons (Fsp3) is 0.167. The van der Waals surface area contributed by atoms with Crippen LogP contribution in [0.15, 0.2) is 62.5 Å². The van der Waals surface area contributed by atoms with E-state index in [4.69, 9.17) is 9.15 Å². The zero-order valence-corrected chi connectivity index (χ0v) is 17.6. The molecule has 8 heteroatoms. The lowest BCUT2D eigenvalue weighted by Gasteiger charge is -2.13. The number of rotatable bonds is 4. The van der Waals surface area contributed by atoms with E-state index in [1.807, 2.05) is 6.92 Å². The van der Waals surface area contributed by atoms with Gasteiger partial charge in [-0.15, -0.1) is 0 Å². The molecule has 0 atom stereocenters. The fourth-order valence-corrected chi connectivity index (χ4v) is 3.47. The van der Waals surface area contributed by atoms with Gasteiger partial charge in [-0.25, -0.2) is 18.7 Å². The number of halogens is 1. The number of carbonyl (C=O) groups excluding carboxylic acids is 1. The number of ether oxygens (including phenoxy) is 1. The molecule has 0 unspecified atom stereocenters. The van der Waals surface area contributed by atoms with E-state index in [2.05, 4.69) is 5.10 Å². The molecule has 7 nitrogen and oxygen atoms in total. The average Bonchev–Trinajstić information content (AvgIpc) is 2.74. The molecule has 2 aromatic carbocycles. The van der Waals surface area contributed by atoms with Crippen LogP contribution >= 0.6 is 0 Å². The summed E-state index contributed by atoms with van der Waals surface area (Å²) in [6.45, 7) is 5.24. The van der Waals surface area contributed by atoms with Crippen molar-refractivity contribution in [1.29, 1.82) is 0 Å². The van der Waals surface area contributed by atoms with Crippen LogP contribution in [0.1, 0.15) is 34.2 Å². The molecule has 4 aromatic rings. The van der Waals surface area contributed by atoms with Crippen LogP contribution < -0.4 is 15.8 Å². The van der Waals surface area contributed by atoms with Crippen molar-refractivity contribution in [3.05, 3.63) is 97.5 Å². The Morgan fingerprint density at radius 3 is 2.59 bits per heavy atom. The van der Waals surface area contributed by atoms with Crippen LogP contribution in [0.4, 0.5) is 4.39 Å². The van der Waals surface area contributed by atoms with E-state index in [0.717, 1.165) is 10.9 Å². The van der Waals surface area contributed by atoms with Crippen LogP contribution in [0.25, 0.3) is 16.7 Å². The van der Waals surface area contributed by atoms with Gasteiger partial charge in [0.15, 0.2) is 0 Å². The Hall–Kier alpha value is -4.07. The number of esters is 1. The summed E-state index contributed by atoms with van der Waals surface area (Å²) in [4.78, 5) is 37.1. The Labute approximate surface area is 181 Å². The van der Waals surface area contributed by atoms with Crippen LogP contribution in [0, 0.1) is 19.7 Å². The molecular weight excluding hydrogens is 415 g/mol. The van der Waals surface area contributed by atoms with Gasteiger partial charge in [0.1, 0.15) is 22.8 Å². The summed E-state index contributed by atoms with van der Waals surface area (Å²) in [5, 5.41) is 4.78. The summed E-state index contributed by atoms with van der Waals surface area (Å²) >= 11 is 0. The number of benzene rings is 2. The number of hydrogen-bond acceptors (Lipinski definition) is 6. The summed E-state index contributed by atoms with van der Waals surface area (Å²) in [6.07, 6.45) is 0.526. The first-order valence-corrected chi connectivity index (χ1v) is 9.94. The summed E-state index contributed by atoms with van der Waals surface area (Å²) in [5.74, 6) is -1.40.